The third-order valence-electron chi connectivity index (χ3n) is 3.81. The Morgan fingerprint density at radius 1 is 1.27 bits per heavy atom. The normalized spacial score (nSPS) is 11.8. The molecular formula is C18H17N3O3S2. The van der Waals surface area contributed by atoms with Gasteiger partial charge in [0.2, 0.25) is 0 Å². The molecule has 0 saturated carbocycles. The van der Waals surface area contributed by atoms with E-state index in [2.05, 4.69) is 4.99 Å². The second-order valence-electron chi connectivity index (χ2n) is 5.38. The number of aryl methyl sites for hydroxylation is 1. The molecule has 0 fully saturated rings. The molecule has 6 nitrogen and oxygen atoms in total. The zero-order chi connectivity index (χ0) is 18.7. The van der Waals surface area contributed by atoms with Gasteiger partial charge in [-0.1, -0.05) is 30.4 Å². The molecule has 8 heteroatoms. The van der Waals surface area contributed by atoms with Gasteiger partial charge in [-0.15, -0.1) is 11.8 Å². The summed E-state index contributed by atoms with van der Waals surface area (Å²) in [5.41, 5.74) is 1.32. The minimum Gasteiger partial charge on any atom is -0.316 e. The summed E-state index contributed by atoms with van der Waals surface area (Å²) in [5, 5.41) is 11.0. The summed E-state index contributed by atoms with van der Waals surface area (Å²) in [5.74, 6) is 0.566. The molecule has 0 aliphatic heterocycles. The Balaban J connectivity index is 2.12. The molecule has 0 spiro atoms. The van der Waals surface area contributed by atoms with Gasteiger partial charge in [0, 0.05) is 23.6 Å². The van der Waals surface area contributed by atoms with Crippen LogP contribution in [0.1, 0.15) is 24.2 Å². The highest BCUT2D eigenvalue weighted by Gasteiger charge is 2.14. The Hall–Kier alpha value is -2.45. The van der Waals surface area contributed by atoms with Crippen LogP contribution in [0.25, 0.3) is 10.2 Å². The summed E-state index contributed by atoms with van der Waals surface area (Å²) in [6, 6.07) is 12.1. The lowest BCUT2D eigenvalue weighted by Gasteiger charge is -2.04. The Kier molecular flexibility index (Phi) is 5.53. The molecule has 0 unspecified atom stereocenters. The lowest BCUT2D eigenvalue weighted by atomic mass is 10.2. The minimum atomic E-state index is -0.419. The molecule has 0 atom stereocenters. The summed E-state index contributed by atoms with van der Waals surface area (Å²) in [4.78, 5) is 29.1. The van der Waals surface area contributed by atoms with E-state index >= 15 is 0 Å². The molecule has 0 radical (unpaired) electrons. The van der Waals surface area contributed by atoms with Crippen LogP contribution in [0.2, 0.25) is 0 Å². The number of rotatable bonds is 5. The first-order valence-electron chi connectivity index (χ1n) is 8.13. The van der Waals surface area contributed by atoms with Crippen LogP contribution in [0.5, 0.6) is 0 Å². The highest BCUT2D eigenvalue weighted by atomic mass is 32.2. The van der Waals surface area contributed by atoms with Crippen molar-refractivity contribution in [2.75, 3.05) is 5.75 Å². The molecule has 0 aliphatic rings. The first-order chi connectivity index (χ1) is 12.5. The number of thiazole rings is 1. The van der Waals surface area contributed by atoms with Crippen LogP contribution in [0, 0.1) is 10.1 Å². The fraction of sp³-hybridized carbons (Fsp3) is 0.222. The SMILES string of the molecule is CCSc1ccccc1C(=O)N=c1sc2ccc([N+](=O)[O-])cc2n1CC. The Morgan fingerprint density at radius 3 is 2.73 bits per heavy atom. The van der Waals surface area contributed by atoms with E-state index in [1.807, 2.05) is 36.6 Å². The fourth-order valence-corrected chi connectivity index (χ4v) is 4.50. The van der Waals surface area contributed by atoms with Crippen molar-refractivity contribution in [2.24, 2.45) is 4.99 Å². The summed E-state index contributed by atoms with van der Waals surface area (Å²) in [6.07, 6.45) is 0. The highest BCUT2D eigenvalue weighted by Crippen LogP contribution is 2.24. The number of carbonyl (C=O) groups is 1. The Morgan fingerprint density at radius 2 is 2.04 bits per heavy atom. The third-order valence-corrected chi connectivity index (χ3v) is 5.82. The van der Waals surface area contributed by atoms with Crippen LogP contribution in [-0.4, -0.2) is 21.2 Å². The van der Waals surface area contributed by atoms with Gasteiger partial charge in [0.1, 0.15) is 0 Å². The average Bonchev–Trinajstić information content (AvgIpc) is 2.98. The quantitative estimate of drug-likeness (QED) is 0.367. The van der Waals surface area contributed by atoms with E-state index < -0.39 is 4.92 Å². The van der Waals surface area contributed by atoms with E-state index in [1.54, 1.807) is 23.9 Å². The number of hydrogen-bond donors (Lipinski definition) is 0. The van der Waals surface area contributed by atoms with Crippen LogP contribution >= 0.6 is 23.1 Å². The van der Waals surface area contributed by atoms with E-state index in [4.69, 9.17) is 0 Å². The molecule has 0 aliphatic carbocycles. The fourth-order valence-electron chi connectivity index (χ4n) is 2.63. The van der Waals surface area contributed by atoms with E-state index in [1.165, 1.54) is 23.5 Å². The Labute approximate surface area is 158 Å². The summed E-state index contributed by atoms with van der Waals surface area (Å²) < 4.78 is 2.70. The van der Waals surface area contributed by atoms with Crippen LogP contribution in [0.15, 0.2) is 52.4 Å². The smallest absolute Gasteiger partial charge is 0.280 e. The van der Waals surface area contributed by atoms with E-state index in [-0.39, 0.29) is 11.6 Å². The lowest BCUT2D eigenvalue weighted by Crippen LogP contribution is -2.16. The molecule has 0 saturated heterocycles. The van der Waals surface area contributed by atoms with Gasteiger partial charge < -0.3 is 4.57 Å². The third kappa shape index (κ3) is 3.56. The van der Waals surface area contributed by atoms with Crippen molar-refractivity contribution in [2.45, 2.75) is 25.3 Å². The highest BCUT2D eigenvalue weighted by molar-refractivity contribution is 7.99. The zero-order valence-corrected chi connectivity index (χ0v) is 16.0. The molecule has 2 aromatic carbocycles. The van der Waals surface area contributed by atoms with Gasteiger partial charge in [0.15, 0.2) is 4.80 Å². The van der Waals surface area contributed by atoms with Crippen molar-refractivity contribution >= 4 is 44.9 Å². The van der Waals surface area contributed by atoms with Gasteiger partial charge >= 0.3 is 0 Å². The predicted octanol–water partition coefficient (Wildman–Crippen LogP) is 4.48. The second-order valence-corrected chi connectivity index (χ2v) is 7.70. The van der Waals surface area contributed by atoms with E-state index in [0.29, 0.717) is 16.9 Å². The van der Waals surface area contributed by atoms with Gasteiger partial charge in [0.25, 0.3) is 11.6 Å². The average molecular weight is 387 g/mol. The van der Waals surface area contributed by atoms with Crippen molar-refractivity contribution in [1.29, 1.82) is 0 Å². The maximum absolute atomic E-state index is 12.7. The number of thioether (sulfide) groups is 1. The van der Waals surface area contributed by atoms with Gasteiger partial charge in [-0.05, 0) is 30.9 Å². The number of fused-ring (bicyclic) bond motifs is 1. The summed E-state index contributed by atoms with van der Waals surface area (Å²) >= 11 is 2.96. The molecule has 134 valence electrons. The van der Waals surface area contributed by atoms with E-state index in [9.17, 15) is 14.9 Å². The number of non-ortho nitro benzene ring substituents is 1. The van der Waals surface area contributed by atoms with Crippen LogP contribution in [0.4, 0.5) is 5.69 Å². The van der Waals surface area contributed by atoms with Gasteiger partial charge in [-0.2, -0.15) is 4.99 Å². The standard InChI is InChI=1S/C18H17N3O3S2/c1-3-20-14-11-12(21(23)24)9-10-16(14)26-18(20)19-17(22)13-7-5-6-8-15(13)25-4-2/h5-11H,3-4H2,1-2H3. The summed E-state index contributed by atoms with van der Waals surface area (Å²) in [6.45, 7) is 4.53. The predicted molar refractivity (Wildman–Crippen MR) is 105 cm³/mol. The van der Waals surface area contributed by atoms with Crippen LogP contribution in [0.3, 0.4) is 0 Å². The molecule has 3 rings (SSSR count). The topological polar surface area (TPSA) is 77.5 Å². The number of nitro groups is 1. The van der Waals surface area contributed by atoms with Crippen molar-refractivity contribution in [3.63, 3.8) is 0 Å². The molecule has 1 heterocycles. The lowest BCUT2D eigenvalue weighted by molar-refractivity contribution is -0.384. The monoisotopic (exact) mass is 387 g/mol. The molecule has 0 N–H and O–H groups in total. The molecule has 1 aromatic heterocycles. The number of benzene rings is 2. The van der Waals surface area contributed by atoms with E-state index in [0.717, 1.165) is 20.9 Å². The van der Waals surface area contributed by atoms with Crippen LogP contribution < -0.4 is 4.80 Å². The molecule has 3 aromatic rings. The van der Waals surface area contributed by atoms with Gasteiger partial charge in [-0.25, -0.2) is 0 Å². The maximum Gasteiger partial charge on any atom is 0.280 e. The maximum atomic E-state index is 12.7. The minimum absolute atomic E-state index is 0.0278. The summed E-state index contributed by atoms with van der Waals surface area (Å²) in [7, 11) is 0. The number of nitro benzene ring substituents is 1. The van der Waals surface area contributed by atoms with Gasteiger partial charge in [-0.3, -0.25) is 14.9 Å². The van der Waals surface area contributed by atoms with Crippen molar-refractivity contribution in [3.05, 3.63) is 62.9 Å². The molecule has 1 amide bonds. The molecule has 26 heavy (non-hydrogen) atoms. The number of carbonyl (C=O) groups excluding carboxylic acids is 1. The largest absolute Gasteiger partial charge is 0.316 e. The van der Waals surface area contributed by atoms with Gasteiger partial charge in [0.05, 0.1) is 20.7 Å². The van der Waals surface area contributed by atoms with Crippen LogP contribution in [-0.2, 0) is 6.54 Å². The molecule has 0 bridgehead atoms. The number of nitrogens with zero attached hydrogens (tertiary/aromatic N) is 3. The van der Waals surface area contributed by atoms with Crippen molar-refractivity contribution in [1.82, 2.24) is 4.57 Å². The molecular weight excluding hydrogens is 370 g/mol. The first-order valence-corrected chi connectivity index (χ1v) is 9.94. The second kappa shape index (κ2) is 7.84. The number of hydrogen-bond acceptors (Lipinski definition) is 5. The number of aromatic nitrogens is 1. The number of amides is 1. The zero-order valence-electron chi connectivity index (χ0n) is 14.3. The Bertz CT molecular complexity index is 1050. The van der Waals surface area contributed by atoms with Crippen molar-refractivity contribution in [3.8, 4) is 0 Å². The van der Waals surface area contributed by atoms with Crippen molar-refractivity contribution < 1.29 is 9.72 Å². The first kappa shape index (κ1) is 18.3.